The van der Waals surface area contributed by atoms with Gasteiger partial charge < -0.3 is 10.6 Å². The smallest absolute Gasteiger partial charge is 0.251 e. The number of rotatable bonds is 14. The zero-order chi connectivity index (χ0) is 30.2. The Kier molecular flexibility index (Phi) is 11.6. The Balaban J connectivity index is 1.62. The highest BCUT2D eigenvalue weighted by Crippen LogP contribution is 2.15. The SMILES string of the molecule is CC(C)C[C@H](CN1CC(=O)C(NC(=O)[C@H](CC(C)C)NC(=O)c2ccc(F)cc2)C1)NS(=O)(=O)Cc1ccccc1. The Morgan fingerprint density at radius 1 is 0.976 bits per heavy atom. The normalized spacial score (nSPS) is 17.5. The quantitative estimate of drug-likeness (QED) is 0.312. The number of nitrogens with one attached hydrogen (secondary N) is 3. The fourth-order valence-corrected chi connectivity index (χ4v) is 6.36. The topological polar surface area (TPSA) is 125 Å². The van der Waals surface area contributed by atoms with Crippen LogP contribution in [-0.4, -0.2) is 68.7 Å². The summed E-state index contributed by atoms with van der Waals surface area (Å²) >= 11 is 0. The van der Waals surface area contributed by atoms with E-state index in [1.54, 1.807) is 24.3 Å². The highest BCUT2D eigenvalue weighted by molar-refractivity contribution is 7.88. The largest absolute Gasteiger partial charge is 0.343 e. The fourth-order valence-electron chi connectivity index (χ4n) is 4.97. The summed E-state index contributed by atoms with van der Waals surface area (Å²) in [6.45, 7) is 8.48. The third-order valence-corrected chi connectivity index (χ3v) is 8.15. The molecule has 41 heavy (non-hydrogen) atoms. The Morgan fingerprint density at radius 2 is 1.61 bits per heavy atom. The zero-order valence-corrected chi connectivity index (χ0v) is 24.9. The number of sulfonamides is 1. The van der Waals surface area contributed by atoms with Crippen molar-refractivity contribution >= 4 is 27.6 Å². The van der Waals surface area contributed by atoms with E-state index in [0.717, 1.165) is 0 Å². The van der Waals surface area contributed by atoms with Crippen LogP contribution in [0.3, 0.4) is 0 Å². The van der Waals surface area contributed by atoms with Crippen LogP contribution in [0.1, 0.15) is 56.5 Å². The number of hydrogen-bond acceptors (Lipinski definition) is 6. The molecule has 224 valence electrons. The van der Waals surface area contributed by atoms with Gasteiger partial charge in [-0.3, -0.25) is 19.3 Å². The van der Waals surface area contributed by atoms with Gasteiger partial charge in [-0.15, -0.1) is 0 Å². The molecule has 0 bridgehead atoms. The Morgan fingerprint density at radius 3 is 2.22 bits per heavy atom. The minimum absolute atomic E-state index is 0.0794. The van der Waals surface area contributed by atoms with Gasteiger partial charge in [-0.1, -0.05) is 58.0 Å². The molecule has 0 aliphatic carbocycles. The van der Waals surface area contributed by atoms with Gasteiger partial charge in [0.15, 0.2) is 5.78 Å². The second-order valence-corrected chi connectivity index (χ2v) is 13.3. The van der Waals surface area contributed by atoms with Gasteiger partial charge in [0, 0.05) is 24.7 Å². The number of nitrogens with zero attached hydrogens (tertiary/aromatic N) is 1. The molecule has 0 radical (unpaired) electrons. The summed E-state index contributed by atoms with van der Waals surface area (Å²) in [7, 11) is -3.62. The molecule has 3 N–H and O–H groups in total. The van der Waals surface area contributed by atoms with E-state index in [9.17, 15) is 27.2 Å². The molecule has 1 aliphatic rings. The third kappa shape index (κ3) is 10.6. The molecule has 0 spiro atoms. The molecule has 1 aliphatic heterocycles. The molecular formula is C30H41FN4O5S. The van der Waals surface area contributed by atoms with E-state index in [2.05, 4.69) is 15.4 Å². The second kappa shape index (κ2) is 14.7. The highest BCUT2D eigenvalue weighted by atomic mass is 32.2. The highest BCUT2D eigenvalue weighted by Gasteiger charge is 2.35. The van der Waals surface area contributed by atoms with Crippen molar-refractivity contribution in [1.29, 1.82) is 0 Å². The Labute approximate surface area is 242 Å². The maximum Gasteiger partial charge on any atom is 0.251 e. The van der Waals surface area contributed by atoms with Gasteiger partial charge in [-0.2, -0.15) is 0 Å². The van der Waals surface area contributed by atoms with E-state index in [1.807, 2.05) is 38.7 Å². The van der Waals surface area contributed by atoms with Crippen molar-refractivity contribution in [3.63, 3.8) is 0 Å². The van der Waals surface area contributed by atoms with Crippen molar-refractivity contribution < 1.29 is 27.2 Å². The molecule has 1 unspecified atom stereocenters. The van der Waals surface area contributed by atoms with Crippen molar-refractivity contribution in [2.24, 2.45) is 11.8 Å². The minimum atomic E-state index is -3.62. The lowest BCUT2D eigenvalue weighted by atomic mass is 10.0. The fraction of sp³-hybridized carbons (Fsp3) is 0.500. The molecule has 3 atom stereocenters. The maximum absolute atomic E-state index is 13.3. The first-order valence-corrected chi connectivity index (χ1v) is 15.6. The predicted octanol–water partition coefficient (Wildman–Crippen LogP) is 2.87. The molecule has 2 amide bonds. The number of ketones is 1. The summed E-state index contributed by atoms with van der Waals surface area (Å²) < 4.78 is 41.9. The van der Waals surface area contributed by atoms with Gasteiger partial charge in [0.2, 0.25) is 15.9 Å². The number of carbonyl (C=O) groups excluding carboxylic acids is 3. The number of Topliss-reactive ketones (excluding diaryl/α,β-unsaturated/α-hetero) is 1. The number of carbonyl (C=O) groups is 3. The molecule has 9 nitrogen and oxygen atoms in total. The van der Waals surface area contributed by atoms with Gasteiger partial charge in [-0.05, 0) is 54.5 Å². The van der Waals surface area contributed by atoms with Crippen LogP contribution in [-0.2, 0) is 25.4 Å². The zero-order valence-electron chi connectivity index (χ0n) is 24.1. The first kappa shape index (κ1) is 32.4. The van der Waals surface area contributed by atoms with Crippen LogP contribution < -0.4 is 15.4 Å². The second-order valence-electron chi connectivity index (χ2n) is 11.6. The van der Waals surface area contributed by atoms with Crippen molar-refractivity contribution in [3.8, 4) is 0 Å². The van der Waals surface area contributed by atoms with E-state index in [-0.39, 0.29) is 42.0 Å². The molecular weight excluding hydrogens is 547 g/mol. The maximum atomic E-state index is 13.3. The van der Waals surface area contributed by atoms with Crippen molar-refractivity contribution in [2.45, 2.75) is 64.4 Å². The van der Waals surface area contributed by atoms with Gasteiger partial charge in [-0.25, -0.2) is 17.5 Å². The number of amides is 2. The van der Waals surface area contributed by atoms with E-state index in [1.165, 1.54) is 24.3 Å². The van der Waals surface area contributed by atoms with Crippen LogP contribution in [0.25, 0.3) is 0 Å². The summed E-state index contributed by atoms with van der Waals surface area (Å²) in [4.78, 5) is 40.6. The number of hydrogen-bond donors (Lipinski definition) is 3. The molecule has 1 saturated heterocycles. The first-order chi connectivity index (χ1) is 19.3. The molecule has 1 heterocycles. The van der Waals surface area contributed by atoms with Crippen LogP contribution in [0.5, 0.6) is 0 Å². The molecule has 0 saturated carbocycles. The monoisotopic (exact) mass is 588 g/mol. The van der Waals surface area contributed by atoms with E-state index >= 15 is 0 Å². The molecule has 1 fully saturated rings. The Bertz CT molecular complexity index is 1290. The third-order valence-electron chi connectivity index (χ3n) is 6.74. The lowest BCUT2D eigenvalue weighted by molar-refractivity contribution is -0.127. The molecule has 0 aromatic heterocycles. The molecule has 11 heteroatoms. The lowest BCUT2D eigenvalue weighted by Gasteiger charge is -2.26. The van der Waals surface area contributed by atoms with Gasteiger partial charge >= 0.3 is 0 Å². The number of benzene rings is 2. The average Bonchev–Trinajstić information content (AvgIpc) is 3.21. The van der Waals surface area contributed by atoms with Crippen molar-refractivity contribution in [2.75, 3.05) is 19.6 Å². The van der Waals surface area contributed by atoms with E-state index < -0.39 is 45.8 Å². The van der Waals surface area contributed by atoms with Crippen LogP contribution in [0.15, 0.2) is 54.6 Å². The summed E-state index contributed by atoms with van der Waals surface area (Å²) in [6, 6.07) is 11.9. The summed E-state index contributed by atoms with van der Waals surface area (Å²) in [5.41, 5.74) is 0.909. The predicted molar refractivity (Wildman–Crippen MR) is 156 cm³/mol. The molecule has 2 aromatic rings. The van der Waals surface area contributed by atoms with Crippen molar-refractivity contribution in [3.05, 3.63) is 71.5 Å². The molecule has 2 aromatic carbocycles. The lowest BCUT2D eigenvalue weighted by Crippen LogP contribution is -2.52. The van der Waals surface area contributed by atoms with Gasteiger partial charge in [0.1, 0.15) is 17.9 Å². The van der Waals surface area contributed by atoms with Gasteiger partial charge in [0.25, 0.3) is 5.91 Å². The number of halogens is 1. The standard InChI is InChI=1S/C30H41FN4O5S/c1-20(2)14-25(34-41(39,40)19-22-8-6-5-7-9-22)16-35-17-27(28(36)18-35)33-30(38)26(15-21(3)4)32-29(37)23-10-12-24(31)13-11-23/h5-13,20-21,25-27,34H,14-19H2,1-4H3,(H,32,37)(H,33,38)/t25-,26+,27?/m1/s1. The van der Waals surface area contributed by atoms with Crippen LogP contribution in [0, 0.1) is 17.7 Å². The average molecular weight is 589 g/mol. The summed E-state index contributed by atoms with van der Waals surface area (Å²) in [5.74, 6) is -1.48. The van der Waals surface area contributed by atoms with Gasteiger partial charge in [0.05, 0.1) is 12.3 Å². The molecule has 3 rings (SSSR count). The Hall–Kier alpha value is -3.15. The van der Waals surface area contributed by atoms with Crippen LogP contribution in [0.4, 0.5) is 4.39 Å². The summed E-state index contributed by atoms with van der Waals surface area (Å²) in [5, 5.41) is 5.49. The minimum Gasteiger partial charge on any atom is -0.343 e. The van der Waals surface area contributed by atoms with Crippen LogP contribution >= 0.6 is 0 Å². The summed E-state index contributed by atoms with van der Waals surface area (Å²) in [6.07, 6.45) is 0.935. The number of likely N-dealkylation sites (tertiary alicyclic amines) is 1. The van der Waals surface area contributed by atoms with Crippen LogP contribution in [0.2, 0.25) is 0 Å². The first-order valence-electron chi connectivity index (χ1n) is 14.0. The van der Waals surface area contributed by atoms with Crippen molar-refractivity contribution in [1.82, 2.24) is 20.3 Å². The van der Waals surface area contributed by atoms with E-state index in [4.69, 9.17) is 0 Å². The van der Waals surface area contributed by atoms with E-state index in [0.29, 0.717) is 24.9 Å².